The standard InChI is InChI=1S/C19H15Cl2NO4S/c20-16-7-8-17(21)18(10-16)27(24,25)22-11-19(23)26-12-13-5-6-14-3-1-2-4-15(14)9-13/h1-10,22H,11-12H2. The zero-order valence-electron chi connectivity index (χ0n) is 14.0. The van der Waals surface area contributed by atoms with E-state index in [1.807, 2.05) is 42.5 Å². The van der Waals surface area contributed by atoms with Gasteiger partial charge in [0.2, 0.25) is 10.0 Å². The fraction of sp³-hybridized carbons (Fsp3) is 0.105. The third kappa shape index (κ3) is 4.99. The Kier molecular flexibility index (Phi) is 6.01. The van der Waals surface area contributed by atoms with Crippen LogP contribution in [0, 0.1) is 0 Å². The van der Waals surface area contributed by atoms with Gasteiger partial charge in [-0.25, -0.2) is 8.42 Å². The number of benzene rings is 3. The monoisotopic (exact) mass is 423 g/mol. The summed E-state index contributed by atoms with van der Waals surface area (Å²) in [6, 6.07) is 17.6. The van der Waals surface area contributed by atoms with Crippen molar-refractivity contribution in [1.82, 2.24) is 4.72 Å². The second kappa shape index (κ2) is 8.27. The van der Waals surface area contributed by atoms with E-state index in [1.165, 1.54) is 18.2 Å². The fourth-order valence-electron chi connectivity index (χ4n) is 2.46. The van der Waals surface area contributed by atoms with E-state index in [1.54, 1.807) is 0 Å². The Morgan fingerprint density at radius 3 is 2.48 bits per heavy atom. The summed E-state index contributed by atoms with van der Waals surface area (Å²) in [4.78, 5) is 11.7. The smallest absolute Gasteiger partial charge is 0.321 e. The number of halogens is 2. The van der Waals surface area contributed by atoms with Crippen LogP contribution in [0.3, 0.4) is 0 Å². The van der Waals surface area contributed by atoms with Gasteiger partial charge in [-0.05, 0) is 40.6 Å². The summed E-state index contributed by atoms with van der Waals surface area (Å²) in [7, 11) is -3.99. The number of fused-ring (bicyclic) bond motifs is 1. The SMILES string of the molecule is O=C(CNS(=O)(=O)c1cc(Cl)ccc1Cl)OCc1ccc2ccccc2c1. The lowest BCUT2D eigenvalue weighted by molar-refractivity contribution is -0.143. The molecule has 0 aliphatic heterocycles. The van der Waals surface area contributed by atoms with Crippen LogP contribution in [0.15, 0.2) is 65.6 Å². The molecule has 0 atom stereocenters. The minimum Gasteiger partial charge on any atom is -0.460 e. The number of carbonyl (C=O) groups excluding carboxylic acids is 1. The highest BCUT2D eigenvalue weighted by molar-refractivity contribution is 7.89. The first-order chi connectivity index (χ1) is 12.8. The molecule has 0 heterocycles. The summed E-state index contributed by atoms with van der Waals surface area (Å²) in [5.41, 5.74) is 0.808. The third-order valence-corrected chi connectivity index (χ3v) is 5.92. The average molecular weight is 424 g/mol. The second-order valence-corrected chi connectivity index (χ2v) is 8.32. The highest BCUT2D eigenvalue weighted by Gasteiger charge is 2.19. The molecule has 8 heteroatoms. The first-order valence-electron chi connectivity index (χ1n) is 7.93. The molecular weight excluding hydrogens is 409 g/mol. The van der Waals surface area contributed by atoms with Crippen LogP contribution in [-0.4, -0.2) is 20.9 Å². The van der Waals surface area contributed by atoms with Gasteiger partial charge in [0.05, 0.1) is 5.02 Å². The summed E-state index contributed by atoms with van der Waals surface area (Å²) in [5, 5.41) is 2.34. The summed E-state index contributed by atoms with van der Waals surface area (Å²) >= 11 is 11.7. The highest BCUT2D eigenvalue weighted by Crippen LogP contribution is 2.24. The predicted octanol–water partition coefficient (Wildman–Crippen LogP) is 4.17. The summed E-state index contributed by atoms with van der Waals surface area (Å²) in [6.45, 7) is -0.470. The Balaban J connectivity index is 1.59. The van der Waals surface area contributed by atoms with Gasteiger partial charge in [-0.15, -0.1) is 0 Å². The summed E-state index contributed by atoms with van der Waals surface area (Å²) in [5.74, 6) is -0.704. The van der Waals surface area contributed by atoms with E-state index in [9.17, 15) is 13.2 Å². The molecule has 0 aliphatic carbocycles. The first kappa shape index (κ1) is 19.6. The lowest BCUT2D eigenvalue weighted by Gasteiger charge is -2.09. The predicted molar refractivity (Wildman–Crippen MR) is 105 cm³/mol. The Hall–Kier alpha value is -2.12. The van der Waals surface area contributed by atoms with Gasteiger partial charge >= 0.3 is 5.97 Å². The molecule has 0 aromatic heterocycles. The molecule has 0 fully saturated rings. The number of ether oxygens (including phenoxy) is 1. The van der Waals surface area contributed by atoms with E-state index in [4.69, 9.17) is 27.9 Å². The Morgan fingerprint density at radius 2 is 1.70 bits per heavy atom. The molecule has 0 saturated heterocycles. The van der Waals surface area contributed by atoms with Gasteiger partial charge in [0.1, 0.15) is 18.0 Å². The van der Waals surface area contributed by atoms with Gasteiger partial charge in [0.25, 0.3) is 0 Å². The molecule has 1 N–H and O–H groups in total. The molecule has 0 bridgehead atoms. The van der Waals surface area contributed by atoms with E-state index in [-0.39, 0.29) is 21.5 Å². The zero-order valence-corrected chi connectivity index (χ0v) is 16.3. The maximum absolute atomic E-state index is 12.3. The minimum absolute atomic E-state index is 0.0106. The number of sulfonamides is 1. The minimum atomic E-state index is -3.99. The number of rotatable bonds is 6. The van der Waals surface area contributed by atoms with Crippen molar-refractivity contribution in [3.8, 4) is 0 Å². The molecule has 0 radical (unpaired) electrons. The van der Waals surface area contributed by atoms with Crippen LogP contribution < -0.4 is 4.72 Å². The van der Waals surface area contributed by atoms with Crippen LogP contribution in [0.4, 0.5) is 0 Å². The second-order valence-electron chi connectivity index (χ2n) is 5.74. The van der Waals surface area contributed by atoms with Gasteiger partial charge in [0, 0.05) is 5.02 Å². The van der Waals surface area contributed by atoms with Crippen LogP contribution in [-0.2, 0) is 26.2 Å². The van der Waals surface area contributed by atoms with Gasteiger partial charge < -0.3 is 4.74 Å². The normalized spacial score (nSPS) is 11.5. The number of carbonyl (C=O) groups is 1. The number of nitrogens with one attached hydrogen (secondary N) is 1. The molecule has 3 aromatic carbocycles. The van der Waals surface area contributed by atoms with Gasteiger partial charge in [0.15, 0.2) is 0 Å². The van der Waals surface area contributed by atoms with Gasteiger partial charge in [-0.1, -0.05) is 59.6 Å². The summed E-state index contributed by atoms with van der Waals surface area (Å²) in [6.07, 6.45) is 0. The van der Waals surface area contributed by atoms with E-state index in [2.05, 4.69) is 4.72 Å². The number of hydrogen-bond donors (Lipinski definition) is 1. The van der Waals surface area contributed by atoms with Crippen LogP contribution in [0.5, 0.6) is 0 Å². The van der Waals surface area contributed by atoms with Crippen LogP contribution in [0.25, 0.3) is 10.8 Å². The number of esters is 1. The molecule has 0 unspecified atom stereocenters. The molecular formula is C19H15Cl2NO4S. The molecule has 140 valence electrons. The lowest BCUT2D eigenvalue weighted by Crippen LogP contribution is -2.30. The topological polar surface area (TPSA) is 72.5 Å². The Labute approximate surface area is 166 Å². The zero-order chi connectivity index (χ0) is 19.4. The Bertz CT molecular complexity index is 1100. The maximum Gasteiger partial charge on any atom is 0.321 e. The number of hydrogen-bond acceptors (Lipinski definition) is 4. The molecule has 3 rings (SSSR count). The van der Waals surface area contributed by atoms with E-state index in [0.717, 1.165) is 16.3 Å². The largest absolute Gasteiger partial charge is 0.460 e. The molecule has 3 aromatic rings. The third-order valence-electron chi connectivity index (χ3n) is 3.80. The quantitative estimate of drug-likeness (QED) is 0.603. The first-order valence-corrected chi connectivity index (χ1v) is 10.2. The lowest BCUT2D eigenvalue weighted by atomic mass is 10.1. The van der Waals surface area contributed by atoms with E-state index < -0.39 is 22.5 Å². The van der Waals surface area contributed by atoms with Crippen LogP contribution in [0.2, 0.25) is 10.0 Å². The molecule has 0 aliphatic rings. The Morgan fingerprint density at radius 1 is 0.963 bits per heavy atom. The van der Waals surface area contributed by atoms with Crippen molar-refractivity contribution in [3.05, 3.63) is 76.3 Å². The van der Waals surface area contributed by atoms with Crippen molar-refractivity contribution in [2.75, 3.05) is 6.54 Å². The molecule has 0 saturated carbocycles. The van der Waals surface area contributed by atoms with Crippen molar-refractivity contribution in [3.63, 3.8) is 0 Å². The van der Waals surface area contributed by atoms with Crippen molar-refractivity contribution >= 4 is 50.0 Å². The van der Waals surface area contributed by atoms with Crippen molar-refractivity contribution in [1.29, 1.82) is 0 Å². The fourth-order valence-corrected chi connectivity index (χ4v) is 4.19. The van der Waals surface area contributed by atoms with Gasteiger partial charge in [-0.3, -0.25) is 4.79 Å². The van der Waals surface area contributed by atoms with Crippen molar-refractivity contribution in [2.24, 2.45) is 0 Å². The molecule has 5 nitrogen and oxygen atoms in total. The van der Waals surface area contributed by atoms with Crippen molar-refractivity contribution in [2.45, 2.75) is 11.5 Å². The molecule has 27 heavy (non-hydrogen) atoms. The molecule has 0 spiro atoms. The van der Waals surface area contributed by atoms with Crippen LogP contribution in [0.1, 0.15) is 5.56 Å². The highest BCUT2D eigenvalue weighted by atomic mass is 35.5. The van der Waals surface area contributed by atoms with E-state index in [0.29, 0.717) is 0 Å². The molecule has 0 amide bonds. The van der Waals surface area contributed by atoms with E-state index >= 15 is 0 Å². The summed E-state index contributed by atoms with van der Waals surface area (Å²) < 4.78 is 31.8. The van der Waals surface area contributed by atoms with Crippen molar-refractivity contribution < 1.29 is 17.9 Å². The van der Waals surface area contributed by atoms with Crippen LogP contribution >= 0.6 is 23.2 Å². The van der Waals surface area contributed by atoms with Gasteiger partial charge in [-0.2, -0.15) is 4.72 Å². The average Bonchev–Trinajstić information content (AvgIpc) is 2.66. The maximum atomic E-state index is 12.3.